The third-order valence-electron chi connectivity index (χ3n) is 4.29. The molecule has 2 aromatic rings. The number of methoxy groups -OCH3 is 1. The van der Waals surface area contributed by atoms with Crippen molar-refractivity contribution in [1.29, 1.82) is 0 Å². The van der Waals surface area contributed by atoms with E-state index in [0.29, 0.717) is 28.1 Å². The molecule has 0 saturated carbocycles. The molecule has 154 valence electrons. The highest BCUT2D eigenvalue weighted by molar-refractivity contribution is 9.10. The number of nitrogens with one attached hydrogen (secondary N) is 1. The summed E-state index contributed by atoms with van der Waals surface area (Å²) in [4.78, 5) is 26.3. The molecule has 0 spiro atoms. The molecule has 2 amide bonds. The molecule has 0 unspecified atom stereocenters. The Labute approximate surface area is 188 Å². The first-order valence-electron chi connectivity index (χ1n) is 8.98. The van der Waals surface area contributed by atoms with Crippen LogP contribution in [0.5, 0.6) is 11.5 Å². The summed E-state index contributed by atoms with van der Waals surface area (Å²) < 4.78 is 12.0. The maximum Gasteiger partial charge on any atom is 0.265 e. The highest BCUT2D eigenvalue weighted by Gasteiger charge is 2.32. The average Bonchev–Trinajstić information content (AvgIpc) is 2.73. The van der Waals surface area contributed by atoms with Gasteiger partial charge >= 0.3 is 0 Å². The van der Waals surface area contributed by atoms with Gasteiger partial charge in [-0.3, -0.25) is 19.8 Å². The van der Waals surface area contributed by atoms with Gasteiger partial charge in [0.2, 0.25) is 0 Å². The van der Waals surface area contributed by atoms with Gasteiger partial charge in [-0.15, -0.1) is 6.58 Å². The molecule has 1 fully saturated rings. The van der Waals surface area contributed by atoms with E-state index in [-0.39, 0.29) is 17.2 Å². The summed E-state index contributed by atoms with van der Waals surface area (Å²) in [6, 6.07) is 13.2. The molecule has 1 aliphatic rings. The van der Waals surface area contributed by atoms with Crippen LogP contribution in [0.3, 0.4) is 0 Å². The van der Waals surface area contributed by atoms with Crippen molar-refractivity contribution in [1.82, 2.24) is 10.2 Å². The van der Waals surface area contributed by atoms with E-state index in [9.17, 15) is 9.59 Å². The Morgan fingerprint density at radius 1 is 1.23 bits per heavy atom. The van der Waals surface area contributed by atoms with E-state index in [4.69, 9.17) is 21.7 Å². The van der Waals surface area contributed by atoms with Crippen LogP contribution >= 0.6 is 28.1 Å². The number of carbonyl (C=O) groups excluding carboxylic acids is 2. The van der Waals surface area contributed by atoms with Crippen LogP contribution in [0.1, 0.15) is 11.1 Å². The lowest BCUT2D eigenvalue weighted by Crippen LogP contribution is -2.53. The molecule has 0 aliphatic carbocycles. The molecule has 0 radical (unpaired) electrons. The standard InChI is InChI=1S/C22H19BrN2O4S/c1-3-9-25-21(27)16(20(26)24-22(25)30)10-15-11-17(23)19(18(12-15)28-2)29-13-14-7-5-4-6-8-14/h3-8,10-12H,1,9,13H2,2H3,(H,24,26,30)/b16-10+. The van der Waals surface area contributed by atoms with Gasteiger partial charge in [0.15, 0.2) is 16.6 Å². The molecule has 1 aliphatic heterocycles. The fraction of sp³-hybridized carbons (Fsp3) is 0.136. The highest BCUT2D eigenvalue weighted by atomic mass is 79.9. The summed E-state index contributed by atoms with van der Waals surface area (Å²) in [5, 5.41) is 2.58. The zero-order chi connectivity index (χ0) is 21.7. The number of amides is 2. The largest absolute Gasteiger partial charge is 0.493 e. The first kappa shape index (κ1) is 21.7. The summed E-state index contributed by atoms with van der Waals surface area (Å²) in [7, 11) is 1.52. The van der Waals surface area contributed by atoms with Crippen molar-refractivity contribution < 1.29 is 19.1 Å². The minimum absolute atomic E-state index is 0.0302. The molecule has 1 saturated heterocycles. The monoisotopic (exact) mass is 486 g/mol. The topological polar surface area (TPSA) is 67.9 Å². The maximum atomic E-state index is 12.7. The van der Waals surface area contributed by atoms with Gasteiger partial charge in [-0.05, 0) is 57.5 Å². The molecule has 30 heavy (non-hydrogen) atoms. The number of hydrogen-bond donors (Lipinski definition) is 1. The fourth-order valence-corrected chi connectivity index (χ4v) is 3.67. The second kappa shape index (κ2) is 9.69. The highest BCUT2D eigenvalue weighted by Crippen LogP contribution is 2.38. The number of thiocarbonyl (C=S) groups is 1. The van der Waals surface area contributed by atoms with Crippen molar-refractivity contribution >= 4 is 51.2 Å². The molecule has 0 atom stereocenters. The number of nitrogens with zero attached hydrogens (tertiary/aromatic N) is 1. The number of benzene rings is 2. The van der Waals surface area contributed by atoms with Gasteiger partial charge < -0.3 is 9.47 Å². The minimum Gasteiger partial charge on any atom is -0.493 e. The van der Waals surface area contributed by atoms with E-state index in [0.717, 1.165) is 5.56 Å². The Balaban J connectivity index is 1.90. The summed E-state index contributed by atoms with van der Waals surface area (Å²) >= 11 is 8.55. The van der Waals surface area contributed by atoms with Crippen LogP contribution in [0.2, 0.25) is 0 Å². The number of halogens is 1. The molecular formula is C22H19BrN2O4S. The Kier molecular flexibility index (Phi) is 7.02. The quantitative estimate of drug-likeness (QED) is 0.278. The van der Waals surface area contributed by atoms with Crippen LogP contribution < -0.4 is 14.8 Å². The van der Waals surface area contributed by atoms with Gasteiger partial charge in [0, 0.05) is 6.54 Å². The van der Waals surface area contributed by atoms with E-state index in [2.05, 4.69) is 27.8 Å². The van der Waals surface area contributed by atoms with Crippen molar-refractivity contribution in [2.45, 2.75) is 6.61 Å². The van der Waals surface area contributed by atoms with Crippen molar-refractivity contribution in [3.8, 4) is 11.5 Å². The van der Waals surface area contributed by atoms with Crippen molar-refractivity contribution in [2.75, 3.05) is 13.7 Å². The van der Waals surface area contributed by atoms with Gasteiger partial charge in [0.1, 0.15) is 12.2 Å². The molecule has 0 aromatic heterocycles. The number of rotatable bonds is 7. The zero-order valence-electron chi connectivity index (χ0n) is 16.2. The Morgan fingerprint density at radius 2 is 1.97 bits per heavy atom. The molecule has 0 bridgehead atoms. The molecule has 3 rings (SSSR count). The lowest BCUT2D eigenvalue weighted by molar-refractivity contribution is -0.128. The summed E-state index contributed by atoms with van der Waals surface area (Å²) in [6.45, 7) is 4.18. The molecule has 8 heteroatoms. The second-order valence-corrected chi connectivity index (χ2v) is 7.57. The Bertz CT molecular complexity index is 1040. The van der Waals surface area contributed by atoms with Gasteiger partial charge in [0.25, 0.3) is 11.8 Å². The number of carbonyl (C=O) groups is 2. The van der Waals surface area contributed by atoms with E-state index in [1.807, 2.05) is 30.3 Å². The fourth-order valence-electron chi connectivity index (χ4n) is 2.85. The number of ether oxygens (including phenoxy) is 2. The summed E-state index contributed by atoms with van der Waals surface area (Å²) in [6.07, 6.45) is 3.03. The predicted octanol–water partition coefficient (Wildman–Crippen LogP) is 3.85. The van der Waals surface area contributed by atoms with Gasteiger partial charge in [-0.2, -0.15) is 0 Å². The summed E-state index contributed by atoms with van der Waals surface area (Å²) in [5.41, 5.74) is 1.58. The number of hydrogen-bond acceptors (Lipinski definition) is 5. The van der Waals surface area contributed by atoms with Crippen LogP contribution in [-0.2, 0) is 16.2 Å². The van der Waals surface area contributed by atoms with Crippen LogP contribution in [0.4, 0.5) is 0 Å². The third kappa shape index (κ3) is 4.77. The van der Waals surface area contributed by atoms with Crippen LogP contribution in [0, 0.1) is 0 Å². The molecule has 1 N–H and O–H groups in total. The lowest BCUT2D eigenvalue weighted by atomic mass is 10.1. The van der Waals surface area contributed by atoms with Crippen LogP contribution in [-0.4, -0.2) is 35.5 Å². The Morgan fingerprint density at radius 3 is 2.63 bits per heavy atom. The first-order chi connectivity index (χ1) is 14.4. The maximum absolute atomic E-state index is 12.7. The van der Waals surface area contributed by atoms with Crippen molar-refractivity contribution in [2.24, 2.45) is 0 Å². The second-order valence-electron chi connectivity index (χ2n) is 6.33. The molecule has 6 nitrogen and oxygen atoms in total. The first-order valence-corrected chi connectivity index (χ1v) is 10.2. The van der Waals surface area contributed by atoms with Gasteiger partial charge in [0.05, 0.1) is 11.6 Å². The van der Waals surface area contributed by atoms with Crippen LogP contribution in [0.25, 0.3) is 6.08 Å². The van der Waals surface area contributed by atoms with Crippen molar-refractivity contribution in [3.63, 3.8) is 0 Å². The van der Waals surface area contributed by atoms with E-state index in [1.165, 1.54) is 24.2 Å². The molecule has 2 aromatic carbocycles. The molecular weight excluding hydrogens is 468 g/mol. The van der Waals surface area contributed by atoms with Gasteiger partial charge in [-0.25, -0.2) is 0 Å². The normalized spacial score (nSPS) is 15.2. The zero-order valence-corrected chi connectivity index (χ0v) is 18.6. The van der Waals surface area contributed by atoms with Crippen molar-refractivity contribution in [3.05, 3.63) is 76.3 Å². The van der Waals surface area contributed by atoms with Gasteiger partial charge in [-0.1, -0.05) is 36.4 Å². The smallest absolute Gasteiger partial charge is 0.265 e. The molecule has 1 heterocycles. The average molecular weight is 487 g/mol. The third-order valence-corrected chi connectivity index (χ3v) is 5.20. The predicted molar refractivity (Wildman–Crippen MR) is 122 cm³/mol. The summed E-state index contributed by atoms with van der Waals surface area (Å²) in [5.74, 6) is -0.0420. The Hall–Kier alpha value is -2.97. The lowest BCUT2D eigenvalue weighted by Gasteiger charge is -2.27. The minimum atomic E-state index is -0.551. The SMILES string of the molecule is C=CCN1C(=O)/C(=C/c2cc(Br)c(OCc3ccccc3)c(OC)c2)C(=O)NC1=S. The van der Waals surface area contributed by atoms with Crippen LogP contribution in [0.15, 0.2) is 65.2 Å². The van der Waals surface area contributed by atoms with E-state index < -0.39 is 11.8 Å². The van der Waals surface area contributed by atoms with E-state index in [1.54, 1.807) is 12.1 Å². The van der Waals surface area contributed by atoms with E-state index >= 15 is 0 Å².